The van der Waals surface area contributed by atoms with Crippen LogP contribution < -0.4 is 9.47 Å². The van der Waals surface area contributed by atoms with Gasteiger partial charge in [0.25, 0.3) is 0 Å². The minimum Gasteiger partial charge on any atom is -0.494 e. The average Bonchev–Trinajstić information content (AvgIpc) is 4.07. The van der Waals surface area contributed by atoms with Gasteiger partial charge in [-0.2, -0.15) is 10.2 Å². The first-order chi connectivity index (χ1) is 32.7. The molecule has 10 heteroatoms. The van der Waals surface area contributed by atoms with Crippen LogP contribution in [0.1, 0.15) is 168 Å². The summed E-state index contributed by atoms with van der Waals surface area (Å²) in [7, 11) is 0. The van der Waals surface area contributed by atoms with Gasteiger partial charge >= 0.3 is 0 Å². The number of hydrogen-bond acceptors (Lipinski definition) is 10. The molecule has 0 spiro atoms. The monoisotopic (exact) mass is 927 g/mol. The van der Waals surface area contributed by atoms with E-state index in [9.17, 15) is 0 Å². The van der Waals surface area contributed by atoms with Crippen LogP contribution >= 0.6 is 22.7 Å². The molecule has 0 unspecified atom stereocenters. The van der Waals surface area contributed by atoms with Gasteiger partial charge in [0.1, 0.15) is 31.5 Å². The number of aromatic nitrogens is 4. The highest BCUT2D eigenvalue weighted by Gasteiger charge is 2.11. The van der Waals surface area contributed by atoms with Crippen LogP contribution in [-0.2, 0) is 0 Å². The first kappa shape index (κ1) is 50.6. The molecule has 0 amide bonds. The van der Waals surface area contributed by atoms with Crippen molar-refractivity contribution in [2.75, 3.05) is 13.2 Å². The molecule has 2 heterocycles. The highest BCUT2D eigenvalue weighted by Crippen LogP contribution is 2.34. The number of benzene rings is 4. The summed E-state index contributed by atoms with van der Waals surface area (Å²) in [6.45, 7) is 6.09. The molecule has 0 saturated carbocycles. The summed E-state index contributed by atoms with van der Waals surface area (Å²) >= 11 is 3.15. The minimum atomic E-state index is 0.764. The summed E-state index contributed by atoms with van der Waals surface area (Å²) in [6.07, 6.45) is 32.3. The Kier molecular flexibility index (Phi) is 23.4. The van der Waals surface area contributed by atoms with Gasteiger partial charge in [0, 0.05) is 22.3 Å². The Labute approximate surface area is 404 Å². The fourth-order valence-corrected chi connectivity index (χ4v) is 9.73. The normalized spacial score (nSPS) is 11.5. The number of azo groups is 1. The maximum atomic E-state index is 6.03. The SMILES string of the molecule is CCCCCCCCCCCCCCOc1ccc(-c2nnc(-c3ccc(N=Nc4ccc(-c5nnc(-c6ccc(OCCCCCCCCCCCCCC)cc6)s5)cc4)cc3)s2)cc1. The molecule has 0 atom stereocenters. The van der Waals surface area contributed by atoms with Gasteiger partial charge in [-0.1, -0.05) is 178 Å². The van der Waals surface area contributed by atoms with E-state index in [1.165, 1.54) is 141 Å². The largest absolute Gasteiger partial charge is 0.494 e. The summed E-state index contributed by atoms with van der Waals surface area (Å²) in [5.74, 6) is 1.81. The highest BCUT2D eigenvalue weighted by molar-refractivity contribution is 7.18. The van der Waals surface area contributed by atoms with E-state index in [4.69, 9.17) is 9.47 Å². The Morgan fingerprint density at radius 2 is 0.561 bits per heavy atom. The van der Waals surface area contributed by atoms with Crippen molar-refractivity contribution < 1.29 is 9.47 Å². The van der Waals surface area contributed by atoms with Crippen LogP contribution in [0.4, 0.5) is 11.4 Å². The first-order valence-electron chi connectivity index (χ1n) is 25.4. The van der Waals surface area contributed by atoms with E-state index < -0.39 is 0 Å². The molecule has 0 N–H and O–H groups in total. The summed E-state index contributed by atoms with van der Waals surface area (Å²) in [5, 5.41) is 30.4. The maximum absolute atomic E-state index is 6.03. The zero-order chi connectivity index (χ0) is 45.7. The zero-order valence-corrected chi connectivity index (χ0v) is 41.6. The van der Waals surface area contributed by atoms with E-state index in [0.29, 0.717) is 0 Å². The molecule has 0 aliphatic heterocycles. The molecule has 8 nitrogen and oxygen atoms in total. The van der Waals surface area contributed by atoms with Crippen molar-refractivity contribution in [1.82, 2.24) is 20.4 Å². The van der Waals surface area contributed by atoms with Crippen LogP contribution in [0, 0.1) is 0 Å². The summed E-state index contributed by atoms with van der Waals surface area (Å²) < 4.78 is 12.1. The quantitative estimate of drug-likeness (QED) is 0.0295. The Morgan fingerprint density at radius 1 is 0.318 bits per heavy atom. The van der Waals surface area contributed by atoms with Crippen molar-refractivity contribution in [3.8, 4) is 53.8 Å². The van der Waals surface area contributed by atoms with Gasteiger partial charge in [-0.25, -0.2) is 0 Å². The van der Waals surface area contributed by atoms with Crippen molar-refractivity contribution >= 4 is 34.0 Å². The molecular weight excluding hydrogens is 853 g/mol. The highest BCUT2D eigenvalue weighted by atomic mass is 32.1. The fourth-order valence-electron chi connectivity index (χ4n) is 8.02. The molecule has 352 valence electrons. The topological polar surface area (TPSA) is 94.7 Å². The van der Waals surface area contributed by atoms with E-state index in [2.05, 4.69) is 68.7 Å². The lowest BCUT2D eigenvalue weighted by Gasteiger charge is -2.07. The first-order valence-corrected chi connectivity index (χ1v) is 27.1. The lowest BCUT2D eigenvalue weighted by atomic mass is 10.1. The second-order valence-corrected chi connectivity index (χ2v) is 19.6. The molecule has 6 aromatic rings. The zero-order valence-electron chi connectivity index (χ0n) is 39.9. The predicted molar refractivity (Wildman–Crippen MR) is 279 cm³/mol. The van der Waals surface area contributed by atoms with Crippen LogP contribution in [0.25, 0.3) is 42.3 Å². The van der Waals surface area contributed by atoms with Crippen molar-refractivity contribution in [2.24, 2.45) is 10.2 Å². The van der Waals surface area contributed by atoms with Gasteiger partial charge in [0.2, 0.25) is 0 Å². The smallest absolute Gasteiger partial charge is 0.148 e. The minimum absolute atomic E-state index is 0.764. The van der Waals surface area contributed by atoms with Crippen molar-refractivity contribution in [1.29, 1.82) is 0 Å². The van der Waals surface area contributed by atoms with Gasteiger partial charge in [0.15, 0.2) is 0 Å². The third-order valence-corrected chi connectivity index (χ3v) is 14.1. The van der Waals surface area contributed by atoms with Gasteiger partial charge in [0.05, 0.1) is 24.6 Å². The van der Waals surface area contributed by atoms with Crippen molar-refractivity contribution in [3.63, 3.8) is 0 Å². The van der Waals surface area contributed by atoms with Gasteiger partial charge in [-0.15, -0.1) is 20.4 Å². The summed E-state index contributed by atoms with van der Waals surface area (Å²) in [4.78, 5) is 0. The molecule has 0 fully saturated rings. The number of ether oxygens (including phenoxy) is 2. The lowest BCUT2D eigenvalue weighted by molar-refractivity contribution is 0.304. The summed E-state index contributed by atoms with van der Waals surface area (Å²) in [5.41, 5.74) is 5.60. The van der Waals surface area contributed by atoms with Crippen LogP contribution in [0.5, 0.6) is 11.5 Å². The van der Waals surface area contributed by atoms with E-state index in [1.54, 1.807) is 22.7 Å². The lowest BCUT2D eigenvalue weighted by Crippen LogP contribution is -1.97. The standard InChI is InChI=1S/C56H74N6O2S2/c1-3-5-7-9-11-13-15-17-19-21-23-25-43-63-51-39-31-47(32-40-51)55-61-59-53(65-55)45-27-35-49(36-28-45)57-58-50-37-29-46(30-38-50)54-60-62-56(66-54)48-33-41-52(42-34-48)64-44-26-24-22-20-18-16-14-12-10-8-6-4-2/h27-42H,3-26,43-44H2,1-2H3. The van der Waals surface area contributed by atoms with Gasteiger partial charge in [-0.3, -0.25) is 0 Å². The molecular formula is C56H74N6O2S2. The Morgan fingerprint density at radius 3 is 0.833 bits per heavy atom. The van der Waals surface area contributed by atoms with Gasteiger partial charge in [-0.05, 0) is 110 Å². The molecule has 66 heavy (non-hydrogen) atoms. The second-order valence-electron chi connectivity index (χ2n) is 17.6. The molecule has 0 aliphatic rings. The van der Waals surface area contributed by atoms with Crippen LogP contribution in [0.3, 0.4) is 0 Å². The third-order valence-electron chi connectivity index (χ3n) is 12.1. The van der Waals surface area contributed by atoms with E-state index in [1.807, 2.05) is 72.8 Å². The molecule has 2 aromatic heterocycles. The Balaban J connectivity index is 0.856. The van der Waals surface area contributed by atoms with Crippen LogP contribution in [0.2, 0.25) is 0 Å². The van der Waals surface area contributed by atoms with Crippen LogP contribution in [0.15, 0.2) is 107 Å². The third kappa shape index (κ3) is 18.5. The number of unbranched alkanes of at least 4 members (excludes halogenated alkanes) is 22. The fraction of sp³-hybridized carbons (Fsp3) is 0.500. The molecule has 0 saturated heterocycles. The van der Waals surface area contributed by atoms with Crippen molar-refractivity contribution in [2.45, 2.75) is 168 Å². The Bertz CT molecular complexity index is 2040. The number of rotatable bonds is 34. The molecule has 0 radical (unpaired) electrons. The average molecular weight is 927 g/mol. The van der Waals surface area contributed by atoms with Gasteiger partial charge < -0.3 is 9.47 Å². The van der Waals surface area contributed by atoms with E-state index in [-0.39, 0.29) is 0 Å². The molecule has 4 aromatic carbocycles. The molecule has 0 aliphatic carbocycles. The Hall–Kier alpha value is -4.80. The van der Waals surface area contributed by atoms with E-state index in [0.717, 1.165) is 91.2 Å². The molecule has 6 rings (SSSR count). The van der Waals surface area contributed by atoms with E-state index >= 15 is 0 Å². The van der Waals surface area contributed by atoms with Crippen molar-refractivity contribution in [3.05, 3.63) is 97.1 Å². The molecule has 0 bridgehead atoms. The summed E-state index contributed by atoms with van der Waals surface area (Å²) in [6, 6.07) is 32.3. The van der Waals surface area contributed by atoms with Crippen LogP contribution in [-0.4, -0.2) is 33.6 Å². The second kappa shape index (κ2) is 30.5. The predicted octanol–water partition coefficient (Wildman–Crippen LogP) is 18.6. The number of hydrogen-bond donors (Lipinski definition) is 0. The number of nitrogens with zero attached hydrogens (tertiary/aromatic N) is 6. The maximum Gasteiger partial charge on any atom is 0.148 e.